The van der Waals surface area contributed by atoms with E-state index in [2.05, 4.69) is 4.74 Å². The molecule has 1 rings (SSSR count). The molecule has 3 N–H and O–H groups in total. The molecule has 0 aliphatic rings. The Bertz CT molecular complexity index is 415. The van der Waals surface area contributed by atoms with Crippen molar-refractivity contribution < 1.29 is 34.4 Å². The summed E-state index contributed by atoms with van der Waals surface area (Å²) in [7, 11) is 0. The van der Waals surface area contributed by atoms with Gasteiger partial charge >= 0.3 is 11.9 Å². The van der Waals surface area contributed by atoms with Gasteiger partial charge in [-0.3, -0.25) is 4.79 Å². The lowest BCUT2D eigenvalue weighted by Crippen LogP contribution is -2.19. The second-order valence-electron chi connectivity index (χ2n) is 3.97. The second kappa shape index (κ2) is 15.0. The highest BCUT2D eigenvalue weighted by molar-refractivity contribution is 5.87. The summed E-state index contributed by atoms with van der Waals surface area (Å²) < 4.78 is 4.65. The Kier molecular flexibility index (Phi) is 14.9. The minimum atomic E-state index is -0.989. The van der Waals surface area contributed by atoms with E-state index in [4.69, 9.17) is 20.1 Å². The lowest BCUT2D eigenvalue weighted by molar-refractivity contribution is -0.152. The normalized spacial score (nSPS) is 9.95. The molecule has 1 aromatic carbocycles. The highest BCUT2D eigenvalue weighted by Crippen LogP contribution is 1.96. The maximum Gasteiger partial charge on any atom is 0.335 e. The van der Waals surface area contributed by atoms with Gasteiger partial charge in [-0.25, -0.2) is 9.59 Å². The second-order valence-corrected chi connectivity index (χ2v) is 3.97. The fourth-order valence-corrected chi connectivity index (χ4v) is 1.02. The van der Waals surface area contributed by atoms with Crippen LogP contribution in [-0.4, -0.2) is 46.4 Å². The molecule has 1 aromatic rings. The molecule has 0 saturated heterocycles. The number of aliphatic hydroxyl groups is 1. The van der Waals surface area contributed by atoms with Crippen molar-refractivity contribution >= 4 is 18.4 Å². The Hall–Kier alpha value is -2.41. The van der Waals surface area contributed by atoms with Gasteiger partial charge in [-0.15, -0.1) is 0 Å². The summed E-state index contributed by atoms with van der Waals surface area (Å²) in [5.74, 6) is -1.41. The van der Waals surface area contributed by atoms with Gasteiger partial charge in [-0.05, 0) is 25.5 Å². The molecule has 1 atom stereocenters. The van der Waals surface area contributed by atoms with Gasteiger partial charge in [0.05, 0.1) is 12.2 Å². The predicted molar refractivity (Wildman–Crippen MR) is 79.6 cm³/mol. The van der Waals surface area contributed by atoms with Crippen LogP contribution >= 0.6 is 0 Å². The Balaban J connectivity index is 0. The van der Waals surface area contributed by atoms with Crippen molar-refractivity contribution in [3.63, 3.8) is 0 Å². The molecule has 0 spiro atoms. The average molecular weight is 314 g/mol. The van der Waals surface area contributed by atoms with Gasteiger partial charge in [-0.1, -0.05) is 31.5 Å². The van der Waals surface area contributed by atoms with E-state index in [1.54, 1.807) is 30.3 Å². The summed E-state index contributed by atoms with van der Waals surface area (Å²) in [4.78, 5) is 29.1. The van der Waals surface area contributed by atoms with Crippen molar-refractivity contribution in [1.29, 1.82) is 0 Å². The summed E-state index contributed by atoms with van der Waals surface area (Å²) >= 11 is 0. The molecular weight excluding hydrogens is 292 g/mol. The number of ether oxygens (including phenoxy) is 1. The molecule has 0 saturated carbocycles. The Morgan fingerprint density at radius 2 is 1.77 bits per heavy atom. The molecule has 0 aliphatic carbocycles. The van der Waals surface area contributed by atoms with Crippen LogP contribution in [0.1, 0.15) is 37.0 Å². The summed E-state index contributed by atoms with van der Waals surface area (Å²) in [6.45, 7) is 3.57. The highest BCUT2D eigenvalue weighted by Gasteiger charge is 2.08. The van der Waals surface area contributed by atoms with E-state index in [-0.39, 0.29) is 6.47 Å². The molecule has 0 aliphatic heterocycles. The van der Waals surface area contributed by atoms with E-state index in [9.17, 15) is 9.59 Å². The number of rotatable bonds is 5. The van der Waals surface area contributed by atoms with Crippen LogP contribution in [0.5, 0.6) is 0 Å². The van der Waals surface area contributed by atoms with Crippen LogP contribution in [0.25, 0.3) is 0 Å². The first-order valence-corrected chi connectivity index (χ1v) is 6.61. The third-order valence-corrected chi connectivity index (χ3v) is 2.10. The zero-order valence-electron chi connectivity index (χ0n) is 12.6. The van der Waals surface area contributed by atoms with E-state index in [0.29, 0.717) is 12.2 Å². The zero-order valence-corrected chi connectivity index (χ0v) is 12.6. The molecule has 22 heavy (non-hydrogen) atoms. The molecule has 0 aromatic heterocycles. The van der Waals surface area contributed by atoms with E-state index in [1.807, 2.05) is 6.92 Å². The van der Waals surface area contributed by atoms with Crippen molar-refractivity contribution in [2.45, 2.75) is 32.8 Å². The minimum absolute atomic E-state index is 0.250. The first-order chi connectivity index (χ1) is 10.4. The van der Waals surface area contributed by atoms with Crippen LogP contribution in [0.3, 0.4) is 0 Å². The van der Waals surface area contributed by atoms with Crippen molar-refractivity contribution in [1.82, 2.24) is 0 Å². The van der Waals surface area contributed by atoms with Gasteiger partial charge in [0.15, 0.2) is 0 Å². The number of carbonyl (C=O) groups is 3. The van der Waals surface area contributed by atoms with Crippen LogP contribution < -0.4 is 0 Å². The largest absolute Gasteiger partial charge is 0.483 e. The summed E-state index contributed by atoms with van der Waals surface area (Å²) in [6, 6.07) is 8.30. The van der Waals surface area contributed by atoms with E-state index >= 15 is 0 Å². The number of esters is 1. The first-order valence-electron chi connectivity index (χ1n) is 6.61. The molecule has 0 radical (unpaired) electrons. The molecular formula is C15H22O7. The standard InChI is InChI=1S/C7H14O3.C7H6O2.CH2O2/c1-3-4-5-10-7(9)6(2)8;8-7(9)6-4-2-1-3-5-6;2-1-3/h6,8H,3-5H2,1-2H3;1-5H,(H,8,9);1H,(H,2,3). The number of aliphatic hydroxyl groups excluding tert-OH is 1. The van der Waals surface area contributed by atoms with Crippen LogP contribution in [-0.2, 0) is 14.3 Å². The molecule has 1 unspecified atom stereocenters. The van der Waals surface area contributed by atoms with Crippen molar-refractivity contribution in [3.05, 3.63) is 35.9 Å². The summed E-state index contributed by atoms with van der Waals surface area (Å²) in [5.41, 5.74) is 0.331. The van der Waals surface area contributed by atoms with E-state index in [1.165, 1.54) is 6.92 Å². The lowest BCUT2D eigenvalue weighted by atomic mass is 10.2. The number of unbranched alkanes of at least 4 members (excludes halogenated alkanes) is 1. The van der Waals surface area contributed by atoms with Crippen molar-refractivity contribution in [2.24, 2.45) is 0 Å². The number of hydrogen-bond donors (Lipinski definition) is 3. The molecule has 0 amide bonds. The molecule has 0 fully saturated rings. The van der Waals surface area contributed by atoms with Gasteiger partial charge in [-0.2, -0.15) is 0 Å². The quantitative estimate of drug-likeness (QED) is 0.430. The maximum absolute atomic E-state index is 10.5. The zero-order chi connectivity index (χ0) is 17.4. The lowest BCUT2D eigenvalue weighted by Gasteiger charge is -2.04. The van der Waals surface area contributed by atoms with Gasteiger partial charge in [0.2, 0.25) is 0 Å². The smallest absolute Gasteiger partial charge is 0.335 e. The number of carbonyl (C=O) groups excluding carboxylic acids is 1. The van der Waals surface area contributed by atoms with Crippen LogP contribution in [0.4, 0.5) is 0 Å². The third-order valence-electron chi connectivity index (χ3n) is 2.10. The Morgan fingerprint density at radius 3 is 2.09 bits per heavy atom. The van der Waals surface area contributed by atoms with Crippen LogP contribution in [0.2, 0.25) is 0 Å². The number of carboxylic acids is 1. The fraction of sp³-hybridized carbons (Fsp3) is 0.400. The van der Waals surface area contributed by atoms with Crippen LogP contribution in [0.15, 0.2) is 30.3 Å². The molecule has 0 bridgehead atoms. The maximum atomic E-state index is 10.5. The fourth-order valence-electron chi connectivity index (χ4n) is 1.02. The van der Waals surface area contributed by atoms with Crippen molar-refractivity contribution in [2.75, 3.05) is 6.61 Å². The topological polar surface area (TPSA) is 121 Å². The average Bonchev–Trinajstić information content (AvgIpc) is 2.49. The first kappa shape index (κ1) is 21.9. The molecule has 7 heteroatoms. The van der Waals surface area contributed by atoms with Gasteiger partial charge in [0.25, 0.3) is 6.47 Å². The van der Waals surface area contributed by atoms with E-state index < -0.39 is 18.0 Å². The monoisotopic (exact) mass is 314 g/mol. The summed E-state index contributed by atoms with van der Waals surface area (Å²) in [6.07, 6.45) is 0.864. The SMILES string of the molecule is CCCCOC(=O)C(C)O.O=C(O)c1ccccc1.O=CO. The van der Waals surface area contributed by atoms with Gasteiger partial charge in [0.1, 0.15) is 6.10 Å². The van der Waals surface area contributed by atoms with Crippen molar-refractivity contribution in [3.8, 4) is 0 Å². The Morgan fingerprint density at radius 1 is 1.27 bits per heavy atom. The minimum Gasteiger partial charge on any atom is -0.483 e. The number of benzene rings is 1. The van der Waals surface area contributed by atoms with E-state index in [0.717, 1.165) is 12.8 Å². The van der Waals surface area contributed by atoms with Crippen LogP contribution in [0, 0.1) is 0 Å². The predicted octanol–water partition coefficient (Wildman–Crippen LogP) is 1.80. The Labute approximate surface area is 129 Å². The van der Waals surface area contributed by atoms with Gasteiger partial charge in [0, 0.05) is 0 Å². The summed E-state index contributed by atoms with van der Waals surface area (Å²) in [5, 5.41) is 23.9. The number of aromatic carboxylic acids is 1. The highest BCUT2D eigenvalue weighted by atomic mass is 16.5. The number of hydrogen-bond acceptors (Lipinski definition) is 5. The molecule has 0 heterocycles. The molecule has 7 nitrogen and oxygen atoms in total. The van der Waals surface area contributed by atoms with Gasteiger partial charge < -0.3 is 20.1 Å². The number of carboxylic acid groups (broad SMARTS) is 2. The third kappa shape index (κ3) is 14.0. The molecule has 124 valence electrons.